The number of fused-ring (bicyclic) bond motifs is 3. The zero-order valence-electron chi connectivity index (χ0n) is 12.8. The maximum absolute atomic E-state index is 11.6. The number of hydrogen-bond donors (Lipinski definition) is 3. The van der Waals surface area contributed by atoms with Crippen molar-refractivity contribution >= 4 is 16.9 Å². The van der Waals surface area contributed by atoms with Crippen LogP contribution in [0.15, 0.2) is 36.7 Å². The molecule has 0 saturated heterocycles. The molecule has 6 heteroatoms. The molecular formula is C17H18N4O2. The van der Waals surface area contributed by atoms with Crippen LogP contribution < -0.4 is 5.32 Å². The summed E-state index contributed by atoms with van der Waals surface area (Å²) in [6.07, 6.45) is 4.25. The van der Waals surface area contributed by atoms with Crippen LogP contribution in [0.1, 0.15) is 29.8 Å². The summed E-state index contributed by atoms with van der Waals surface area (Å²) in [6.45, 7) is 2.81. The standard InChI is InChI=1S/C17H18N4O2/c1-2-21-9-10(8-18-21)15-16-12(7-14(20-15)17(22)23)11-5-3-4-6-13(11)19-16/h3-6,8-9,14-15,19-20H,2,7H2,1H3,(H,22,23)/t14-,15-/m0/s1. The van der Waals surface area contributed by atoms with Gasteiger partial charge < -0.3 is 10.1 Å². The van der Waals surface area contributed by atoms with Gasteiger partial charge in [0.15, 0.2) is 0 Å². The lowest BCUT2D eigenvalue weighted by atomic mass is 9.91. The predicted octanol–water partition coefficient (Wildman–Crippen LogP) is 2.07. The van der Waals surface area contributed by atoms with Gasteiger partial charge in [-0.15, -0.1) is 0 Å². The molecule has 2 atom stereocenters. The van der Waals surface area contributed by atoms with Crippen LogP contribution >= 0.6 is 0 Å². The van der Waals surface area contributed by atoms with Crippen molar-refractivity contribution in [3.05, 3.63) is 53.5 Å². The quantitative estimate of drug-likeness (QED) is 0.691. The normalized spacial score (nSPS) is 20.6. The number of carboxylic acid groups (broad SMARTS) is 1. The molecule has 4 rings (SSSR count). The van der Waals surface area contributed by atoms with E-state index in [9.17, 15) is 9.90 Å². The Hall–Kier alpha value is -2.60. The van der Waals surface area contributed by atoms with Crippen LogP contribution in [0, 0.1) is 0 Å². The lowest BCUT2D eigenvalue weighted by Gasteiger charge is -2.28. The van der Waals surface area contributed by atoms with Gasteiger partial charge in [0.2, 0.25) is 0 Å². The van der Waals surface area contributed by atoms with E-state index in [4.69, 9.17) is 0 Å². The number of aromatic amines is 1. The third-order valence-electron chi connectivity index (χ3n) is 4.52. The molecule has 3 aromatic rings. The Bertz CT molecular complexity index is 880. The number of H-pyrrole nitrogens is 1. The highest BCUT2D eigenvalue weighted by atomic mass is 16.4. The van der Waals surface area contributed by atoms with Gasteiger partial charge in [-0.2, -0.15) is 5.10 Å². The zero-order valence-corrected chi connectivity index (χ0v) is 12.8. The molecule has 0 amide bonds. The van der Waals surface area contributed by atoms with E-state index in [1.54, 1.807) is 6.20 Å². The number of hydrogen-bond acceptors (Lipinski definition) is 3. The first kappa shape index (κ1) is 14.0. The third-order valence-corrected chi connectivity index (χ3v) is 4.52. The van der Waals surface area contributed by atoms with Crippen LogP contribution in [0.5, 0.6) is 0 Å². The Balaban J connectivity index is 1.87. The van der Waals surface area contributed by atoms with E-state index in [0.29, 0.717) is 6.42 Å². The molecule has 1 aliphatic rings. The molecule has 1 aliphatic heterocycles. The van der Waals surface area contributed by atoms with Crippen LogP contribution in [0.25, 0.3) is 10.9 Å². The minimum atomic E-state index is -0.825. The second-order valence-corrected chi connectivity index (χ2v) is 5.89. The molecule has 23 heavy (non-hydrogen) atoms. The Morgan fingerprint density at radius 3 is 3.00 bits per heavy atom. The number of aliphatic carboxylic acids is 1. The van der Waals surface area contributed by atoms with Crippen LogP contribution in [0.4, 0.5) is 0 Å². The van der Waals surface area contributed by atoms with Crippen molar-refractivity contribution in [2.24, 2.45) is 0 Å². The summed E-state index contributed by atoms with van der Waals surface area (Å²) in [5, 5.41) is 18.2. The van der Waals surface area contributed by atoms with Crippen LogP contribution in [-0.2, 0) is 17.8 Å². The van der Waals surface area contributed by atoms with Crippen LogP contribution in [0.3, 0.4) is 0 Å². The smallest absolute Gasteiger partial charge is 0.321 e. The second-order valence-electron chi connectivity index (χ2n) is 5.89. The van der Waals surface area contributed by atoms with Crippen molar-refractivity contribution in [1.29, 1.82) is 0 Å². The van der Waals surface area contributed by atoms with E-state index in [0.717, 1.165) is 34.3 Å². The predicted molar refractivity (Wildman–Crippen MR) is 86.3 cm³/mol. The Morgan fingerprint density at radius 2 is 2.26 bits per heavy atom. The number of nitrogens with zero attached hydrogens (tertiary/aromatic N) is 2. The number of benzene rings is 1. The molecule has 0 saturated carbocycles. The molecule has 2 aromatic heterocycles. The Morgan fingerprint density at radius 1 is 1.43 bits per heavy atom. The van der Waals surface area contributed by atoms with Crippen molar-refractivity contribution in [2.75, 3.05) is 0 Å². The summed E-state index contributed by atoms with van der Waals surface area (Å²) < 4.78 is 1.85. The minimum absolute atomic E-state index is 0.187. The van der Waals surface area contributed by atoms with Crippen molar-refractivity contribution in [3.8, 4) is 0 Å². The van der Waals surface area contributed by atoms with Gasteiger partial charge in [0.05, 0.1) is 12.2 Å². The summed E-state index contributed by atoms with van der Waals surface area (Å²) in [6, 6.07) is 7.25. The van der Waals surface area contributed by atoms with Gasteiger partial charge in [-0.3, -0.25) is 14.8 Å². The van der Waals surface area contributed by atoms with Gasteiger partial charge >= 0.3 is 5.97 Å². The molecule has 1 aromatic carbocycles. The highest BCUT2D eigenvalue weighted by molar-refractivity contribution is 5.87. The molecule has 0 fully saturated rings. The summed E-state index contributed by atoms with van der Waals surface area (Å²) in [7, 11) is 0. The van der Waals surface area contributed by atoms with Crippen molar-refractivity contribution < 1.29 is 9.90 Å². The molecule has 0 spiro atoms. The Labute approximate surface area is 133 Å². The Kier molecular flexibility index (Phi) is 3.20. The van der Waals surface area contributed by atoms with Gasteiger partial charge in [-0.05, 0) is 18.6 Å². The molecule has 0 unspecified atom stereocenters. The van der Waals surface area contributed by atoms with E-state index in [-0.39, 0.29) is 6.04 Å². The number of nitrogens with one attached hydrogen (secondary N) is 2. The fourth-order valence-electron chi connectivity index (χ4n) is 3.36. The summed E-state index contributed by atoms with van der Waals surface area (Å²) in [4.78, 5) is 15.0. The fourth-order valence-corrected chi connectivity index (χ4v) is 3.36. The number of para-hydroxylation sites is 1. The first-order valence-electron chi connectivity index (χ1n) is 7.78. The summed E-state index contributed by atoms with van der Waals surface area (Å²) in [5.74, 6) is -0.825. The molecule has 3 N–H and O–H groups in total. The SMILES string of the molecule is CCn1cc([C@@H]2N[C@H](C(=O)O)Cc3c2[nH]c2ccccc32)cn1. The highest BCUT2D eigenvalue weighted by Gasteiger charge is 2.34. The van der Waals surface area contributed by atoms with Gasteiger partial charge in [0.1, 0.15) is 6.04 Å². The molecule has 3 heterocycles. The number of carbonyl (C=O) groups is 1. The molecule has 118 valence electrons. The van der Waals surface area contributed by atoms with E-state index in [2.05, 4.69) is 15.4 Å². The first-order valence-corrected chi connectivity index (χ1v) is 7.78. The second kappa shape index (κ2) is 5.24. The molecular weight excluding hydrogens is 292 g/mol. The maximum atomic E-state index is 11.6. The van der Waals surface area contributed by atoms with Crippen LogP contribution in [0.2, 0.25) is 0 Å². The van der Waals surface area contributed by atoms with E-state index in [1.807, 2.05) is 42.1 Å². The third kappa shape index (κ3) is 2.22. The lowest BCUT2D eigenvalue weighted by molar-refractivity contribution is -0.139. The van der Waals surface area contributed by atoms with Crippen molar-refractivity contribution in [2.45, 2.75) is 32.0 Å². The van der Waals surface area contributed by atoms with E-state index >= 15 is 0 Å². The first-order chi connectivity index (χ1) is 11.2. The topological polar surface area (TPSA) is 82.9 Å². The fraction of sp³-hybridized carbons (Fsp3) is 0.294. The van der Waals surface area contributed by atoms with Crippen LogP contribution in [-0.4, -0.2) is 31.9 Å². The van der Waals surface area contributed by atoms with Gasteiger partial charge in [0.25, 0.3) is 0 Å². The van der Waals surface area contributed by atoms with E-state index < -0.39 is 12.0 Å². The maximum Gasteiger partial charge on any atom is 0.321 e. The molecule has 0 aliphatic carbocycles. The lowest BCUT2D eigenvalue weighted by Crippen LogP contribution is -2.44. The zero-order chi connectivity index (χ0) is 16.0. The van der Waals surface area contributed by atoms with E-state index in [1.165, 1.54) is 0 Å². The molecule has 0 radical (unpaired) electrons. The highest BCUT2D eigenvalue weighted by Crippen LogP contribution is 2.35. The number of rotatable bonds is 3. The number of aromatic nitrogens is 3. The van der Waals surface area contributed by atoms with Gasteiger partial charge in [-0.1, -0.05) is 18.2 Å². The largest absolute Gasteiger partial charge is 0.480 e. The van der Waals surface area contributed by atoms with Gasteiger partial charge in [0, 0.05) is 41.3 Å². The molecule has 6 nitrogen and oxygen atoms in total. The number of aryl methyl sites for hydroxylation is 1. The monoisotopic (exact) mass is 310 g/mol. The van der Waals surface area contributed by atoms with Crippen molar-refractivity contribution in [3.63, 3.8) is 0 Å². The minimum Gasteiger partial charge on any atom is -0.480 e. The van der Waals surface area contributed by atoms with Crippen molar-refractivity contribution in [1.82, 2.24) is 20.1 Å². The summed E-state index contributed by atoms with van der Waals surface area (Å²) >= 11 is 0. The average molecular weight is 310 g/mol. The summed E-state index contributed by atoms with van der Waals surface area (Å²) in [5.41, 5.74) is 4.14. The van der Waals surface area contributed by atoms with Gasteiger partial charge in [-0.25, -0.2) is 0 Å². The number of carboxylic acids is 1. The molecule has 0 bridgehead atoms. The average Bonchev–Trinajstić information content (AvgIpc) is 3.18.